The van der Waals surface area contributed by atoms with Crippen molar-refractivity contribution in [1.29, 1.82) is 0 Å². The van der Waals surface area contributed by atoms with Crippen LogP contribution < -0.4 is 0 Å². The molecule has 1 saturated heterocycles. The monoisotopic (exact) mass is 382 g/mol. The summed E-state index contributed by atoms with van der Waals surface area (Å²) in [6.45, 7) is 1.98. The standard InChI is InChI=1S/C19H18N4O3S/c24-18(15-1-5-22-26-15)23-8-3-19(4-9-23)13-11-17(14-12-20-6-7-21-14)27-16(13)2-10-25-19/h1,5-7,11-12H,2-4,8-10H2. The van der Waals surface area contributed by atoms with E-state index < -0.39 is 0 Å². The second kappa shape index (κ2) is 6.54. The molecular formula is C19H18N4O3S. The zero-order chi connectivity index (χ0) is 18.3. The van der Waals surface area contributed by atoms with Gasteiger partial charge in [-0.1, -0.05) is 5.16 Å². The molecule has 7 nitrogen and oxygen atoms in total. The van der Waals surface area contributed by atoms with Crippen molar-refractivity contribution in [2.45, 2.75) is 24.9 Å². The minimum absolute atomic E-state index is 0.107. The number of carbonyl (C=O) groups is 1. The SMILES string of the molecule is O=C(c1ccno1)N1CCC2(CC1)OCCc1sc(-c3cnccn3)cc12. The molecule has 3 aromatic rings. The molecule has 27 heavy (non-hydrogen) atoms. The molecule has 3 aromatic heterocycles. The molecule has 0 radical (unpaired) electrons. The van der Waals surface area contributed by atoms with E-state index in [1.807, 2.05) is 4.90 Å². The van der Waals surface area contributed by atoms with Crippen molar-refractivity contribution in [3.05, 3.63) is 53.1 Å². The van der Waals surface area contributed by atoms with E-state index in [4.69, 9.17) is 9.26 Å². The van der Waals surface area contributed by atoms with Crippen LogP contribution in [0.2, 0.25) is 0 Å². The molecule has 1 spiro atoms. The molecule has 8 heteroatoms. The van der Waals surface area contributed by atoms with Gasteiger partial charge in [0.15, 0.2) is 0 Å². The summed E-state index contributed by atoms with van der Waals surface area (Å²) in [5.74, 6) is 0.181. The number of aromatic nitrogens is 3. The number of thiophene rings is 1. The zero-order valence-corrected chi connectivity index (χ0v) is 15.4. The lowest BCUT2D eigenvalue weighted by atomic mass is 9.82. The van der Waals surface area contributed by atoms with E-state index in [-0.39, 0.29) is 17.3 Å². The third kappa shape index (κ3) is 2.85. The number of likely N-dealkylation sites (tertiary alicyclic amines) is 1. The van der Waals surface area contributed by atoms with Gasteiger partial charge < -0.3 is 14.2 Å². The summed E-state index contributed by atoms with van der Waals surface area (Å²) < 4.78 is 11.3. The molecule has 0 aromatic carbocycles. The first-order valence-electron chi connectivity index (χ1n) is 8.99. The highest BCUT2D eigenvalue weighted by Gasteiger charge is 2.43. The maximum absolute atomic E-state index is 12.5. The minimum atomic E-state index is -0.317. The van der Waals surface area contributed by atoms with Crippen LogP contribution in [0, 0.1) is 0 Å². The number of hydrogen-bond donors (Lipinski definition) is 0. The highest BCUT2D eigenvalue weighted by Crippen LogP contribution is 2.46. The molecule has 1 fully saturated rings. The van der Waals surface area contributed by atoms with Crippen LogP contribution in [0.25, 0.3) is 10.6 Å². The third-order valence-electron chi connectivity index (χ3n) is 5.33. The molecule has 0 N–H and O–H groups in total. The Morgan fingerprint density at radius 1 is 1.22 bits per heavy atom. The van der Waals surface area contributed by atoms with Gasteiger partial charge in [0.05, 0.1) is 35.2 Å². The van der Waals surface area contributed by atoms with Gasteiger partial charge in [0, 0.05) is 42.8 Å². The lowest BCUT2D eigenvalue weighted by molar-refractivity contribution is -0.0928. The van der Waals surface area contributed by atoms with Gasteiger partial charge in [0.2, 0.25) is 5.76 Å². The molecule has 0 unspecified atom stereocenters. The first-order chi connectivity index (χ1) is 13.3. The fourth-order valence-corrected chi connectivity index (χ4v) is 5.13. The first-order valence-corrected chi connectivity index (χ1v) is 9.80. The average Bonchev–Trinajstić information content (AvgIpc) is 3.40. The van der Waals surface area contributed by atoms with E-state index in [2.05, 4.69) is 21.2 Å². The van der Waals surface area contributed by atoms with E-state index in [0.29, 0.717) is 19.7 Å². The Labute approximate surface area is 160 Å². The minimum Gasteiger partial charge on any atom is -0.370 e. The maximum Gasteiger partial charge on any atom is 0.292 e. The van der Waals surface area contributed by atoms with E-state index in [1.54, 1.807) is 36.0 Å². The number of rotatable bonds is 2. The van der Waals surface area contributed by atoms with Crippen molar-refractivity contribution in [3.63, 3.8) is 0 Å². The second-order valence-electron chi connectivity index (χ2n) is 6.80. The van der Waals surface area contributed by atoms with Gasteiger partial charge in [-0.2, -0.15) is 0 Å². The van der Waals surface area contributed by atoms with Crippen LogP contribution in [-0.2, 0) is 16.8 Å². The molecule has 5 rings (SSSR count). The Bertz CT molecular complexity index is 947. The normalized spacial score (nSPS) is 18.4. The summed E-state index contributed by atoms with van der Waals surface area (Å²) in [6, 6.07) is 3.81. The van der Waals surface area contributed by atoms with Crippen LogP contribution in [-0.4, -0.2) is 45.6 Å². The van der Waals surface area contributed by atoms with Gasteiger partial charge in [-0.15, -0.1) is 11.3 Å². The topological polar surface area (TPSA) is 81.4 Å². The van der Waals surface area contributed by atoms with Crippen LogP contribution in [0.1, 0.15) is 33.8 Å². The molecule has 138 valence electrons. The fourth-order valence-electron chi connectivity index (χ4n) is 3.94. The average molecular weight is 382 g/mol. The lowest BCUT2D eigenvalue weighted by Crippen LogP contribution is -2.48. The van der Waals surface area contributed by atoms with Crippen molar-refractivity contribution in [3.8, 4) is 10.6 Å². The number of carbonyl (C=O) groups excluding carboxylic acids is 1. The number of nitrogens with zero attached hydrogens (tertiary/aromatic N) is 4. The van der Waals surface area contributed by atoms with Crippen molar-refractivity contribution in [2.24, 2.45) is 0 Å². The smallest absolute Gasteiger partial charge is 0.292 e. The van der Waals surface area contributed by atoms with Crippen LogP contribution in [0.4, 0.5) is 0 Å². The van der Waals surface area contributed by atoms with E-state index in [0.717, 1.165) is 29.8 Å². The van der Waals surface area contributed by atoms with Crippen molar-refractivity contribution >= 4 is 17.2 Å². The van der Waals surface area contributed by atoms with Crippen LogP contribution >= 0.6 is 11.3 Å². The largest absolute Gasteiger partial charge is 0.370 e. The fraction of sp³-hybridized carbons (Fsp3) is 0.368. The van der Waals surface area contributed by atoms with Gasteiger partial charge in [-0.05, 0) is 24.5 Å². The third-order valence-corrected chi connectivity index (χ3v) is 6.55. The number of piperidine rings is 1. The first kappa shape index (κ1) is 16.6. The Kier molecular flexibility index (Phi) is 4.02. The summed E-state index contributed by atoms with van der Waals surface area (Å²) in [4.78, 5) is 25.4. The van der Waals surface area contributed by atoms with Gasteiger partial charge in [0.1, 0.15) is 0 Å². The summed E-state index contributed by atoms with van der Waals surface area (Å²) >= 11 is 1.77. The predicted molar refractivity (Wildman–Crippen MR) is 98.3 cm³/mol. The van der Waals surface area contributed by atoms with E-state index in [1.165, 1.54) is 16.6 Å². The summed E-state index contributed by atoms with van der Waals surface area (Å²) in [6.07, 6.45) is 9.16. The number of ether oxygens (including phenoxy) is 1. The van der Waals surface area contributed by atoms with Crippen molar-refractivity contribution in [1.82, 2.24) is 20.0 Å². The van der Waals surface area contributed by atoms with Crippen molar-refractivity contribution in [2.75, 3.05) is 19.7 Å². The van der Waals surface area contributed by atoms with Gasteiger partial charge >= 0.3 is 0 Å². The Morgan fingerprint density at radius 2 is 2.11 bits per heavy atom. The molecule has 2 aliphatic heterocycles. The summed E-state index contributed by atoms with van der Waals surface area (Å²) in [5, 5.41) is 3.63. The van der Waals surface area contributed by atoms with Gasteiger partial charge in [-0.3, -0.25) is 14.8 Å². The summed E-state index contributed by atoms with van der Waals surface area (Å²) in [7, 11) is 0. The number of amides is 1. The quantitative estimate of drug-likeness (QED) is 0.678. The molecule has 5 heterocycles. The Hall–Kier alpha value is -2.58. The molecule has 0 saturated carbocycles. The number of fused-ring (bicyclic) bond motifs is 2. The molecule has 0 atom stereocenters. The predicted octanol–water partition coefficient (Wildman–Crippen LogP) is 2.90. The Morgan fingerprint density at radius 3 is 2.85 bits per heavy atom. The van der Waals surface area contributed by atoms with Gasteiger partial charge in [0.25, 0.3) is 5.91 Å². The highest BCUT2D eigenvalue weighted by molar-refractivity contribution is 7.15. The van der Waals surface area contributed by atoms with E-state index >= 15 is 0 Å². The molecule has 2 aliphatic rings. The zero-order valence-electron chi connectivity index (χ0n) is 14.6. The van der Waals surface area contributed by atoms with Crippen LogP contribution in [0.15, 0.2) is 41.4 Å². The van der Waals surface area contributed by atoms with Crippen LogP contribution in [0.3, 0.4) is 0 Å². The summed E-state index contributed by atoms with van der Waals surface area (Å²) in [5.41, 5.74) is 1.83. The highest BCUT2D eigenvalue weighted by atomic mass is 32.1. The molecular weight excluding hydrogens is 364 g/mol. The maximum atomic E-state index is 12.5. The molecule has 0 bridgehead atoms. The Balaban J connectivity index is 1.40. The number of hydrogen-bond acceptors (Lipinski definition) is 7. The lowest BCUT2D eigenvalue weighted by Gasteiger charge is -2.43. The van der Waals surface area contributed by atoms with Crippen molar-refractivity contribution < 1.29 is 14.1 Å². The second-order valence-corrected chi connectivity index (χ2v) is 7.94. The molecule has 0 aliphatic carbocycles. The van der Waals surface area contributed by atoms with E-state index in [9.17, 15) is 4.79 Å². The van der Waals surface area contributed by atoms with Gasteiger partial charge in [-0.25, -0.2) is 0 Å². The van der Waals surface area contributed by atoms with Crippen LogP contribution in [0.5, 0.6) is 0 Å². The molecule has 1 amide bonds.